The van der Waals surface area contributed by atoms with Crippen LogP contribution in [0.3, 0.4) is 0 Å². The largest absolute Gasteiger partial charge is 0.451 e. The minimum Gasteiger partial charge on any atom is -0.451 e. The molecule has 3 rings (SSSR count). The van der Waals surface area contributed by atoms with E-state index >= 15 is 0 Å². The summed E-state index contributed by atoms with van der Waals surface area (Å²) in [5, 5.41) is 12.4. The first-order valence-electron chi connectivity index (χ1n) is 10.1. The van der Waals surface area contributed by atoms with Gasteiger partial charge in [0.2, 0.25) is 10.0 Å². The molecule has 0 aliphatic carbocycles. The second kappa shape index (κ2) is 9.21. The fourth-order valence-electron chi connectivity index (χ4n) is 3.81. The van der Waals surface area contributed by atoms with E-state index in [-0.39, 0.29) is 10.6 Å². The monoisotopic (exact) mass is 449 g/mol. The standard InChI is InChI=1S/C21H27N3O6S/c1-13-19(15(3)25)14(2)22-20(13)21(27)30-12-18(26)23-16-7-6-8-17(11-16)31(28,29)24-9-4-5-10-24/h6-8,11,15,22,25H,4-5,9-10,12H2,1-3H3,(H,23,26). The van der Waals surface area contributed by atoms with Crippen LogP contribution in [-0.4, -0.2) is 54.4 Å². The highest BCUT2D eigenvalue weighted by Crippen LogP contribution is 2.25. The topological polar surface area (TPSA) is 129 Å². The molecule has 1 saturated heterocycles. The van der Waals surface area contributed by atoms with Crippen molar-refractivity contribution in [2.75, 3.05) is 25.0 Å². The van der Waals surface area contributed by atoms with Crippen LogP contribution in [0.1, 0.15) is 53.2 Å². The first kappa shape index (κ1) is 23.0. The molecule has 3 N–H and O–H groups in total. The van der Waals surface area contributed by atoms with Crippen LogP contribution in [0.25, 0.3) is 0 Å². The van der Waals surface area contributed by atoms with E-state index in [9.17, 15) is 23.1 Å². The number of ether oxygens (including phenoxy) is 1. The molecular weight excluding hydrogens is 422 g/mol. The summed E-state index contributed by atoms with van der Waals surface area (Å²) in [6, 6.07) is 5.99. The maximum atomic E-state index is 12.7. The lowest BCUT2D eigenvalue weighted by Gasteiger charge is -2.16. The minimum absolute atomic E-state index is 0.104. The lowest BCUT2D eigenvalue weighted by Crippen LogP contribution is -2.28. The average molecular weight is 450 g/mol. The van der Waals surface area contributed by atoms with Crippen LogP contribution < -0.4 is 5.32 Å². The van der Waals surface area contributed by atoms with Crippen LogP contribution in [0.4, 0.5) is 5.69 Å². The predicted octanol–water partition coefficient (Wildman–Crippen LogP) is 2.26. The third-order valence-electron chi connectivity index (χ3n) is 5.27. The van der Waals surface area contributed by atoms with Crippen LogP contribution in [-0.2, 0) is 19.6 Å². The van der Waals surface area contributed by atoms with Gasteiger partial charge < -0.3 is 20.1 Å². The maximum absolute atomic E-state index is 12.7. The molecule has 2 aromatic rings. The molecule has 0 bridgehead atoms. The van der Waals surface area contributed by atoms with E-state index in [1.54, 1.807) is 32.9 Å². The van der Waals surface area contributed by atoms with Crippen molar-refractivity contribution < 1.29 is 27.9 Å². The van der Waals surface area contributed by atoms with Crippen molar-refractivity contribution in [2.24, 2.45) is 0 Å². The highest BCUT2D eigenvalue weighted by atomic mass is 32.2. The number of aliphatic hydroxyl groups excluding tert-OH is 1. The number of amides is 1. The van der Waals surface area contributed by atoms with Crippen molar-refractivity contribution in [3.8, 4) is 0 Å². The van der Waals surface area contributed by atoms with E-state index in [1.807, 2.05) is 0 Å². The van der Waals surface area contributed by atoms with Crippen LogP contribution in [0.5, 0.6) is 0 Å². The normalized spacial score (nSPS) is 15.6. The fourth-order valence-corrected chi connectivity index (χ4v) is 5.37. The van der Waals surface area contributed by atoms with Gasteiger partial charge in [0.25, 0.3) is 5.91 Å². The molecule has 0 radical (unpaired) electrons. The SMILES string of the molecule is Cc1[nH]c(C(=O)OCC(=O)Nc2cccc(S(=O)(=O)N3CCCC3)c2)c(C)c1C(C)O. The number of rotatable bonds is 7. The Balaban J connectivity index is 1.63. The molecule has 1 aromatic carbocycles. The number of benzene rings is 1. The molecule has 1 aliphatic heterocycles. The highest BCUT2D eigenvalue weighted by molar-refractivity contribution is 7.89. The Morgan fingerprint density at radius 2 is 1.94 bits per heavy atom. The smallest absolute Gasteiger partial charge is 0.355 e. The molecule has 9 nitrogen and oxygen atoms in total. The number of sulfonamides is 1. The maximum Gasteiger partial charge on any atom is 0.355 e. The van der Waals surface area contributed by atoms with Gasteiger partial charge in [0.1, 0.15) is 5.69 Å². The highest BCUT2D eigenvalue weighted by Gasteiger charge is 2.27. The Bertz CT molecular complexity index is 1080. The van der Waals surface area contributed by atoms with Gasteiger partial charge >= 0.3 is 5.97 Å². The fraction of sp³-hybridized carbons (Fsp3) is 0.429. The lowest BCUT2D eigenvalue weighted by atomic mass is 10.1. The Morgan fingerprint density at radius 3 is 2.55 bits per heavy atom. The molecule has 1 atom stereocenters. The van der Waals surface area contributed by atoms with Crippen molar-refractivity contribution in [3.05, 3.63) is 46.8 Å². The number of esters is 1. The summed E-state index contributed by atoms with van der Waals surface area (Å²) in [6.07, 6.45) is 0.921. The van der Waals surface area contributed by atoms with E-state index in [1.165, 1.54) is 16.4 Å². The van der Waals surface area contributed by atoms with Gasteiger partial charge in [-0.2, -0.15) is 4.31 Å². The van der Waals surface area contributed by atoms with E-state index in [0.29, 0.717) is 35.6 Å². The summed E-state index contributed by atoms with van der Waals surface area (Å²) in [7, 11) is -3.60. The average Bonchev–Trinajstić information content (AvgIpc) is 3.35. The van der Waals surface area contributed by atoms with E-state index < -0.39 is 34.6 Å². The minimum atomic E-state index is -3.60. The first-order valence-corrected chi connectivity index (χ1v) is 11.5. The molecule has 1 aliphatic rings. The zero-order chi connectivity index (χ0) is 22.8. The number of aromatic amines is 1. The molecule has 10 heteroatoms. The van der Waals surface area contributed by atoms with Crippen molar-refractivity contribution in [1.82, 2.24) is 9.29 Å². The lowest BCUT2D eigenvalue weighted by molar-refractivity contribution is -0.119. The third kappa shape index (κ3) is 4.97. The summed E-state index contributed by atoms with van der Waals surface area (Å²) in [4.78, 5) is 27.6. The van der Waals surface area contributed by atoms with Gasteiger partial charge in [0.05, 0.1) is 11.0 Å². The molecule has 2 heterocycles. The van der Waals surface area contributed by atoms with Gasteiger partial charge in [-0.1, -0.05) is 6.07 Å². The Hall–Kier alpha value is -2.69. The van der Waals surface area contributed by atoms with Gasteiger partial charge in [-0.25, -0.2) is 13.2 Å². The summed E-state index contributed by atoms with van der Waals surface area (Å²) in [6.45, 7) is 5.47. The number of aryl methyl sites for hydroxylation is 1. The number of aromatic nitrogens is 1. The molecular formula is C21H27N3O6S. The number of nitrogens with one attached hydrogen (secondary N) is 2. The summed E-state index contributed by atoms with van der Waals surface area (Å²) < 4.78 is 31.9. The molecule has 1 amide bonds. The Labute approximate surface area is 181 Å². The number of hydrogen-bond donors (Lipinski definition) is 3. The van der Waals surface area contributed by atoms with Crippen LogP contribution >= 0.6 is 0 Å². The second-order valence-electron chi connectivity index (χ2n) is 7.60. The zero-order valence-electron chi connectivity index (χ0n) is 17.8. The van der Waals surface area contributed by atoms with Gasteiger partial charge in [0, 0.05) is 30.0 Å². The van der Waals surface area contributed by atoms with E-state index in [2.05, 4.69) is 10.3 Å². The van der Waals surface area contributed by atoms with Crippen molar-refractivity contribution >= 4 is 27.6 Å². The Morgan fingerprint density at radius 1 is 1.26 bits per heavy atom. The molecule has 1 aromatic heterocycles. The molecule has 168 valence electrons. The van der Waals surface area contributed by atoms with Crippen molar-refractivity contribution in [3.63, 3.8) is 0 Å². The zero-order valence-corrected chi connectivity index (χ0v) is 18.6. The summed E-state index contributed by atoms with van der Waals surface area (Å²) >= 11 is 0. The van der Waals surface area contributed by atoms with Gasteiger partial charge in [-0.15, -0.1) is 0 Å². The summed E-state index contributed by atoms with van der Waals surface area (Å²) in [5.74, 6) is -1.31. The van der Waals surface area contributed by atoms with Crippen molar-refractivity contribution in [2.45, 2.75) is 44.6 Å². The van der Waals surface area contributed by atoms with Crippen LogP contribution in [0, 0.1) is 13.8 Å². The molecule has 1 fully saturated rings. The number of carbonyl (C=O) groups is 2. The number of nitrogens with zero attached hydrogens (tertiary/aromatic N) is 1. The first-order chi connectivity index (χ1) is 14.6. The third-order valence-corrected chi connectivity index (χ3v) is 7.17. The molecule has 0 saturated carbocycles. The number of H-pyrrole nitrogens is 1. The predicted molar refractivity (Wildman–Crippen MR) is 114 cm³/mol. The van der Waals surface area contributed by atoms with Gasteiger partial charge in [-0.05, 0) is 57.4 Å². The number of aliphatic hydroxyl groups is 1. The molecule has 31 heavy (non-hydrogen) atoms. The number of anilines is 1. The number of carbonyl (C=O) groups excluding carboxylic acids is 2. The van der Waals surface area contributed by atoms with Crippen molar-refractivity contribution in [1.29, 1.82) is 0 Å². The molecule has 1 unspecified atom stereocenters. The number of hydrogen-bond acceptors (Lipinski definition) is 6. The van der Waals surface area contributed by atoms with Gasteiger partial charge in [-0.3, -0.25) is 4.79 Å². The van der Waals surface area contributed by atoms with E-state index in [0.717, 1.165) is 12.8 Å². The second-order valence-corrected chi connectivity index (χ2v) is 9.54. The van der Waals surface area contributed by atoms with Crippen LogP contribution in [0.2, 0.25) is 0 Å². The van der Waals surface area contributed by atoms with Gasteiger partial charge in [0.15, 0.2) is 6.61 Å². The molecule has 0 spiro atoms. The van der Waals surface area contributed by atoms with E-state index in [4.69, 9.17) is 4.74 Å². The Kier molecular flexibility index (Phi) is 6.83. The van der Waals surface area contributed by atoms with Crippen LogP contribution in [0.15, 0.2) is 29.2 Å². The quantitative estimate of drug-likeness (QED) is 0.556. The summed E-state index contributed by atoms with van der Waals surface area (Å²) in [5.41, 5.74) is 2.31.